The van der Waals surface area contributed by atoms with Crippen LogP contribution >= 0.6 is 0 Å². The molecule has 0 spiro atoms. The van der Waals surface area contributed by atoms with Crippen LogP contribution in [0.1, 0.15) is 32.1 Å². The number of aliphatic hydroxyl groups excluding tert-OH is 3. The van der Waals surface area contributed by atoms with E-state index in [1.165, 1.54) is 24.3 Å². The van der Waals surface area contributed by atoms with E-state index in [1.807, 2.05) is 0 Å². The van der Waals surface area contributed by atoms with Crippen molar-refractivity contribution in [3.8, 4) is 5.75 Å². The van der Waals surface area contributed by atoms with Crippen LogP contribution in [0.25, 0.3) is 0 Å². The fourth-order valence-corrected chi connectivity index (χ4v) is 3.95. The minimum Gasteiger partial charge on any atom is -0.479 e. The molecule has 0 bridgehead atoms. The van der Waals surface area contributed by atoms with E-state index < -0.39 is 42.6 Å². The van der Waals surface area contributed by atoms with Crippen molar-refractivity contribution in [1.29, 1.82) is 0 Å². The smallest absolute Gasteiger partial charge is 0.335 e. The number of carbonyl (C=O) groups excluding carboxylic acids is 4. The summed E-state index contributed by atoms with van der Waals surface area (Å²) in [6.45, 7) is 0.358. The van der Waals surface area contributed by atoms with E-state index in [9.17, 15) is 44.4 Å². The number of carboxylic acids is 1. The van der Waals surface area contributed by atoms with Crippen molar-refractivity contribution in [2.24, 2.45) is 0 Å². The number of aliphatic hydroxyl groups is 3. The minimum atomic E-state index is -1.87. The van der Waals surface area contributed by atoms with Gasteiger partial charge in [0.1, 0.15) is 24.1 Å². The summed E-state index contributed by atoms with van der Waals surface area (Å²) in [4.78, 5) is 59.8. The van der Waals surface area contributed by atoms with Crippen LogP contribution in [-0.2, 0) is 28.7 Å². The largest absolute Gasteiger partial charge is 0.479 e. The van der Waals surface area contributed by atoms with Gasteiger partial charge in [0, 0.05) is 38.1 Å². The summed E-state index contributed by atoms with van der Waals surface area (Å²) in [5.41, 5.74) is 0.169. The van der Waals surface area contributed by atoms with Gasteiger partial charge in [-0.2, -0.15) is 0 Å². The van der Waals surface area contributed by atoms with Crippen molar-refractivity contribution in [3.05, 3.63) is 36.4 Å². The highest BCUT2D eigenvalue weighted by Crippen LogP contribution is 2.29. The summed E-state index contributed by atoms with van der Waals surface area (Å²) in [6, 6.07) is 6.05. The number of unbranched alkanes of at least 4 members (excludes halogenated alkanes) is 2. The van der Waals surface area contributed by atoms with Crippen LogP contribution in [0, 0.1) is 0 Å². The van der Waals surface area contributed by atoms with Gasteiger partial charge in [0.05, 0.1) is 5.69 Å². The minimum absolute atomic E-state index is 0.0137. The number of benzene rings is 1. The van der Waals surface area contributed by atoms with E-state index in [-0.39, 0.29) is 48.5 Å². The third-order valence-corrected chi connectivity index (χ3v) is 6.08. The Bertz CT molecular complexity index is 1090. The van der Waals surface area contributed by atoms with Crippen LogP contribution < -0.4 is 15.4 Å². The number of imide groups is 1. The molecular weight excluding hydrogens is 518 g/mol. The first kappa shape index (κ1) is 29.7. The van der Waals surface area contributed by atoms with E-state index in [1.54, 1.807) is 12.1 Å². The number of aliphatic carboxylic acids is 1. The first-order valence-corrected chi connectivity index (χ1v) is 12.4. The normalized spacial score (nSPS) is 24.5. The Hall–Kier alpha value is -3.85. The molecule has 0 aliphatic carbocycles. The Kier molecular flexibility index (Phi) is 10.5. The number of anilines is 1. The zero-order valence-corrected chi connectivity index (χ0v) is 20.9. The lowest BCUT2D eigenvalue weighted by Crippen LogP contribution is -2.61. The fourth-order valence-electron chi connectivity index (χ4n) is 3.95. The van der Waals surface area contributed by atoms with E-state index in [0.717, 1.165) is 4.90 Å². The van der Waals surface area contributed by atoms with Gasteiger partial charge in [-0.15, -0.1) is 0 Å². The van der Waals surface area contributed by atoms with Crippen LogP contribution in [0.3, 0.4) is 0 Å². The van der Waals surface area contributed by atoms with Crippen LogP contribution in [0.15, 0.2) is 36.4 Å². The van der Waals surface area contributed by atoms with E-state index in [4.69, 9.17) is 9.47 Å². The average molecular weight is 550 g/mol. The molecule has 6 N–H and O–H groups in total. The molecular formula is C25H31N3O11. The number of carbonyl (C=O) groups is 5. The summed E-state index contributed by atoms with van der Waals surface area (Å²) < 4.78 is 10.6. The standard InChI is InChI=1S/C25H31N3O11/c29-16(8-2-1-5-13-28-18(31)9-10-19(28)32)26-12-11-17(30)27-14-6-3-4-7-15(14)38-25-22(35)20(33)21(34)23(39-25)24(36)37/h3-4,6-7,9-10,20-23,25,33-35H,1-2,5,8,11-13H2,(H,26,29)(H,27,30)(H,36,37)/t20-,21-,22+,23-,25+/m0/s1. The summed E-state index contributed by atoms with van der Waals surface area (Å²) in [6.07, 6.45) is -4.59. The summed E-state index contributed by atoms with van der Waals surface area (Å²) >= 11 is 0. The van der Waals surface area contributed by atoms with Gasteiger partial charge in [-0.05, 0) is 25.0 Å². The first-order chi connectivity index (χ1) is 18.6. The topological polar surface area (TPSA) is 212 Å². The lowest BCUT2D eigenvalue weighted by atomic mass is 9.99. The van der Waals surface area contributed by atoms with E-state index in [2.05, 4.69) is 10.6 Å². The molecule has 14 heteroatoms. The molecule has 2 aliphatic rings. The lowest BCUT2D eigenvalue weighted by molar-refractivity contribution is -0.271. The molecule has 1 fully saturated rings. The molecule has 0 saturated carbocycles. The van der Waals surface area contributed by atoms with Gasteiger partial charge < -0.3 is 40.5 Å². The molecule has 0 radical (unpaired) electrons. The van der Waals surface area contributed by atoms with Crippen LogP contribution in [0.4, 0.5) is 5.69 Å². The predicted molar refractivity (Wildman–Crippen MR) is 132 cm³/mol. The Morgan fingerprint density at radius 2 is 1.59 bits per heavy atom. The summed E-state index contributed by atoms with van der Waals surface area (Å²) in [7, 11) is 0. The molecule has 0 aromatic heterocycles. The summed E-state index contributed by atoms with van der Waals surface area (Å²) in [5, 5.41) is 44.3. The highest BCUT2D eigenvalue weighted by atomic mass is 16.7. The highest BCUT2D eigenvalue weighted by Gasteiger charge is 2.48. The molecule has 1 aromatic carbocycles. The van der Waals surface area contributed by atoms with Crippen molar-refractivity contribution in [2.75, 3.05) is 18.4 Å². The van der Waals surface area contributed by atoms with Gasteiger partial charge in [0.15, 0.2) is 6.10 Å². The second kappa shape index (κ2) is 13.8. The Morgan fingerprint density at radius 1 is 0.897 bits per heavy atom. The zero-order chi connectivity index (χ0) is 28.5. The van der Waals surface area contributed by atoms with Crippen molar-refractivity contribution in [3.63, 3.8) is 0 Å². The molecule has 212 valence electrons. The number of amides is 4. The molecule has 5 atom stereocenters. The third-order valence-electron chi connectivity index (χ3n) is 6.08. The maximum Gasteiger partial charge on any atom is 0.335 e. The molecule has 14 nitrogen and oxygen atoms in total. The molecule has 0 unspecified atom stereocenters. The lowest BCUT2D eigenvalue weighted by Gasteiger charge is -2.38. The van der Waals surface area contributed by atoms with E-state index in [0.29, 0.717) is 25.8 Å². The first-order valence-electron chi connectivity index (χ1n) is 12.4. The van der Waals surface area contributed by atoms with Gasteiger partial charge in [0.2, 0.25) is 18.1 Å². The number of nitrogens with zero attached hydrogens (tertiary/aromatic N) is 1. The molecule has 2 heterocycles. The van der Waals surface area contributed by atoms with Crippen LogP contribution in [0.5, 0.6) is 5.75 Å². The Balaban J connectivity index is 1.39. The van der Waals surface area contributed by atoms with Crippen LogP contribution in [0.2, 0.25) is 0 Å². The molecule has 39 heavy (non-hydrogen) atoms. The second-order valence-electron chi connectivity index (χ2n) is 8.97. The van der Waals surface area contributed by atoms with Gasteiger partial charge in [-0.3, -0.25) is 24.1 Å². The van der Waals surface area contributed by atoms with Crippen molar-refractivity contribution >= 4 is 35.3 Å². The van der Waals surface area contributed by atoms with Crippen molar-refractivity contribution in [1.82, 2.24) is 10.2 Å². The van der Waals surface area contributed by atoms with Gasteiger partial charge in [-0.1, -0.05) is 18.6 Å². The summed E-state index contributed by atoms with van der Waals surface area (Å²) in [5.74, 6) is -2.94. The Labute approximate surface area is 223 Å². The number of ether oxygens (including phenoxy) is 2. The number of carboxylic acid groups (broad SMARTS) is 1. The molecule has 1 saturated heterocycles. The molecule has 2 aliphatic heterocycles. The van der Waals surface area contributed by atoms with Crippen molar-refractivity contribution < 1.29 is 53.9 Å². The number of hydrogen-bond acceptors (Lipinski definition) is 10. The Morgan fingerprint density at radius 3 is 2.28 bits per heavy atom. The van der Waals surface area contributed by atoms with Gasteiger partial charge >= 0.3 is 5.97 Å². The number of rotatable bonds is 13. The second-order valence-corrected chi connectivity index (χ2v) is 8.97. The van der Waals surface area contributed by atoms with Gasteiger partial charge in [0.25, 0.3) is 11.8 Å². The molecule has 1 aromatic rings. The molecule has 4 amide bonds. The fraction of sp³-hybridized carbons (Fsp3) is 0.480. The molecule has 3 rings (SSSR count). The highest BCUT2D eigenvalue weighted by molar-refractivity contribution is 6.12. The SMILES string of the molecule is O=C(CCCCCN1C(=O)C=CC1=O)NCCC(=O)Nc1ccccc1O[C@@H]1O[C@H](C(=O)O)[C@@H](O)[C@H](O)[C@H]1O. The quantitative estimate of drug-likeness (QED) is 0.128. The van der Waals surface area contributed by atoms with Crippen molar-refractivity contribution in [2.45, 2.75) is 62.8 Å². The third kappa shape index (κ3) is 8.07. The van der Waals surface area contributed by atoms with Crippen LogP contribution in [-0.4, -0.2) is 98.7 Å². The maximum atomic E-state index is 12.4. The van der Waals surface area contributed by atoms with E-state index >= 15 is 0 Å². The monoisotopic (exact) mass is 549 g/mol. The number of hydrogen-bond donors (Lipinski definition) is 6. The predicted octanol–water partition coefficient (Wildman–Crippen LogP) is -1.11. The number of nitrogens with one attached hydrogen (secondary N) is 2. The number of para-hydroxylation sites is 2. The average Bonchev–Trinajstić information content (AvgIpc) is 3.21. The zero-order valence-electron chi connectivity index (χ0n) is 20.9. The van der Waals surface area contributed by atoms with Gasteiger partial charge in [-0.25, -0.2) is 4.79 Å². The maximum absolute atomic E-state index is 12.4.